The summed E-state index contributed by atoms with van der Waals surface area (Å²) in [7, 11) is 0. The number of carbonyl (C=O) groups is 2. The second-order valence-electron chi connectivity index (χ2n) is 6.49. The van der Waals surface area contributed by atoms with Gasteiger partial charge in [0.1, 0.15) is 5.78 Å². The van der Waals surface area contributed by atoms with E-state index in [1.54, 1.807) is 0 Å². The molecule has 0 fully saturated rings. The molecule has 0 radical (unpaired) electrons. The molecule has 0 aliphatic heterocycles. The van der Waals surface area contributed by atoms with Gasteiger partial charge in [-0.25, -0.2) is 0 Å². The van der Waals surface area contributed by atoms with Crippen molar-refractivity contribution >= 4 is 11.7 Å². The largest absolute Gasteiger partial charge is 0.379 e. The van der Waals surface area contributed by atoms with Gasteiger partial charge in [0, 0.05) is 25.3 Å². The third-order valence-electron chi connectivity index (χ3n) is 3.40. The van der Waals surface area contributed by atoms with E-state index in [2.05, 4.69) is 19.2 Å². The van der Waals surface area contributed by atoms with Crippen molar-refractivity contribution in [2.75, 3.05) is 46.2 Å². The van der Waals surface area contributed by atoms with Crippen LogP contribution in [0.1, 0.15) is 47.0 Å². The van der Waals surface area contributed by atoms with Crippen molar-refractivity contribution in [1.82, 2.24) is 5.32 Å². The van der Waals surface area contributed by atoms with Gasteiger partial charge in [-0.15, -0.1) is 0 Å². The molecule has 0 saturated carbocycles. The molecule has 6 heteroatoms. The molecule has 1 amide bonds. The van der Waals surface area contributed by atoms with Gasteiger partial charge in [0.15, 0.2) is 0 Å². The number of hydrogen-bond acceptors (Lipinski definition) is 5. The first-order valence-electron chi connectivity index (χ1n) is 8.96. The Balaban J connectivity index is 3.20. The van der Waals surface area contributed by atoms with E-state index in [9.17, 15) is 9.59 Å². The van der Waals surface area contributed by atoms with Crippen LogP contribution in [-0.4, -0.2) is 57.9 Å². The van der Waals surface area contributed by atoms with Crippen LogP contribution in [0.3, 0.4) is 0 Å². The Morgan fingerprint density at radius 1 is 0.792 bits per heavy atom. The predicted molar refractivity (Wildman–Crippen MR) is 94.0 cm³/mol. The topological polar surface area (TPSA) is 73.9 Å². The first-order chi connectivity index (χ1) is 11.4. The molecule has 142 valence electrons. The first-order valence-corrected chi connectivity index (χ1v) is 8.96. The molecule has 0 spiro atoms. The van der Waals surface area contributed by atoms with Crippen LogP contribution in [0.15, 0.2) is 0 Å². The zero-order chi connectivity index (χ0) is 18.2. The van der Waals surface area contributed by atoms with Crippen LogP contribution in [0.2, 0.25) is 0 Å². The van der Waals surface area contributed by atoms with Gasteiger partial charge in [0.25, 0.3) is 0 Å². The first kappa shape index (κ1) is 23.0. The van der Waals surface area contributed by atoms with Crippen molar-refractivity contribution in [3.8, 4) is 0 Å². The second-order valence-corrected chi connectivity index (χ2v) is 6.49. The molecule has 0 unspecified atom stereocenters. The van der Waals surface area contributed by atoms with E-state index in [1.165, 1.54) is 0 Å². The molecule has 0 aliphatic rings. The van der Waals surface area contributed by atoms with Crippen molar-refractivity contribution in [3.05, 3.63) is 0 Å². The summed E-state index contributed by atoms with van der Waals surface area (Å²) in [5.74, 6) is 0.920. The molecule has 1 N–H and O–H groups in total. The highest BCUT2D eigenvalue weighted by Gasteiger charge is 2.06. The number of nitrogens with one attached hydrogen (secondary N) is 1. The molecule has 0 heterocycles. The maximum absolute atomic E-state index is 11.5. The SMILES string of the molecule is CC(C)CCC(=O)NCCOCCOCCOCCC(=O)C(C)C. The van der Waals surface area contributed by atoms with E-state index in [1.807, 2.05) is 13.8 Å². The lowest BCUT2D eigenvalue weighted by molar-refractivity contribution is -0.123. The minimum Gasteiger partial charge on any atom is -0.379 e. The summed E-state index contributed by atoms with van der Waals surface area (Å²) in [6.45, 7) is 11.4. The summed E-state index contributed by atoms with van der Waals surface area (Å²) in [4.78, 5) is 22.8. The number of hydrogen-bond donors (Lipinski definition) is 1. The van der Waals surface area contributed by atoms with Gasteiger partial charge in [-0.2, -0.15) is 0 Å². The smallest absolute Gasteiger partial charge is 0.220 e. The summed E-state index contributed by atoms with van der Waals surface area (Å²) in [6.07, 6.45) is 1.95. The van der Waals surface area contributed by atoms with Gasteiger partial charge in [0.05, 0.1) is 39.6 Å². The Labute approximate surface area is 146 Å². The third-order valence-corrected chi connectivity index (χ3v) is 3.40. The van der Waals surface area contributed by atoms with Crippen LogP contribution in [0.25, 0.3) is 0 Å². The van der Waals surface area contributed by atoms with Crippen LogP contribution in [0.5, 0.6) is 0 Å². The average molecular weight is 345 g/mol. The maximum atomic E-state index is 11.5. The fraction of sp³-hybridized carbons (Fsp3) is 0.889. The summed E-state index contributed by atoms with van der Waals surface area (Å²) >= 11 is 0. The van der Waals surface area contributed by atoms with Crippen molar-refractivity contribution < 1.29 is 23.8 Å². The van der Waals surface area contributed by atoms with Gasteiger partial charge < -0.3 is 19.5 Å². The molecule has 0 aromatic rings. The van der Waals surface area contributed by atoms with E-state index in [0.29, 0.717) is 64.9 Å². The Hall–Kier alpha value is -0.980. The number of ketones is 1. The lowest BCUT2D eigenvalue weighted by atomic mass is 10.1. The van der Waals surface area contributed by atoms with Crippen molar-refractivity contribution in [1.29, 1.82) is 0 Å². The van der Waals surface area contributed by atoms with E-state index in [-0.39, 0.29) is 17.6 Å². The Morgan fingerprint density at radius 2 is 1.33 bits per heavy atom. The number of ether oxygens (including phenoxy) is 3. The van der Waals surface area contributed by atoms with Gasteiger partial charge in [-0.05, 0) is 12.3 Å². The molecule has 0 aliphatic carbocycles. The molecule has 0 atom stereocenters. The van der Waals surface area contributed by atoms with Crippen molar-refractivity contribution in [2.45, 2.75) is 47.0 Å². The van der Waals surface area contributed by atoms with Gasteiger partial charge in [-0.3, -0.25) is 9.59 Å². The van der Waals surface area contributed by atoms with Crippen molar-refractivity contribution in [3.63, 3.8) is 0 Å². The highest BCUT2D eigenvalue weighted by molar-refractivity contribution is 5.80. The summed E-state index contributed by atoms with van der Waals surface area (Å²) in [6, 6.07) is 0. The minimum absolute atomic E-state index is 0.0713. The summed E-state index contributed by atoms with van der Waals surface area (Å²) < 4.78 is 16.1. The summed E-state index contributed by atoms with van der Waals surface area (Å²) in [5, 5.41) is 2.83. The van der Waals surface area contributed by atoms with Crippen LogP contribution < -0.4 is 5.32 Å². The van der Waals surface area contributed by atoms with E-state index >= 15 is 0 Å². The monoisotopic (exact) mass is 345 g/mol. The quantitative estimate of drug-likeness (QED) is 0.434. The number of Topliss-reactive ketones (excluding diaryl/α,β-unsaturated/α-hetero) is 1. The molecule has 0 saturated heterocycles. The fourth-order valence-electron chi connectivity index (χ4n) is 1.77. The normalized spacial score (nSPS) is 11.2. The lowest BCUT2D eigenvalue weighted by Gasteiger charge is -2.08. The molecule has 0 aromatic heterocycles. The van der Waals surface area contributed by atoms with Crippen LogP contribution >= 0.6 is 0 Å². The summed E-state index contributed by atoms with van der Waals surface area (Å²) in [5.41, 5.74) is 0. The molecule has 0 bridgehead atoms. The maximum Gasteiger partial charge on any atom is 0.220 e. The Morgan fingerprint density at radius 3 is 1.88 bits per heavy atom. The number of rotatable bonds is 16. The number of amides is 1. The molecule has 0 aromatic carbocycles. The average Bonchev–Trinajstić information content (AvgIpc) is 2.53. The Bertz CT molecular complexity index is 331. The zero-order valence-corrected chi connectivity index (χ0v) is 15.8. The Kier molecular flexibility index (Phi) is 14.9. The lowest BCUT2D eigenvalue weighted by Crippen LogP contribution is -2.27. The molecule has 6 nitrogen and oxygen atoms in total. The van der Waals surface area contributed by atoms with E-state index in [4.69, 9.17) is 14.2 Å². The number of carbonyl (C=O) groups excluding carboxylic acids is 2. The van der Waals surface area contributed by atoms with Crippen LogP contribution in [-0.2, 0) is 23.8 Å². The van der Waals surface area contributed by atoms with Crippen LogP contribution in [0, 0.1) is 11.8 Å². The van der Waals surface area contributed by atoms with Gasteiger partial charge in [-0.1, -0.05) is 27.7 Å². The standard InChI is InChI=1S/C18H35NO5/c1-15(2)5-6-18(21)19-8-10-23-12-14-24-13-11-22-9-7-17(20)16(3)4/h15-16H,5-14H2,1-4H3,(H,19,21). The fourth-order valence-corrected chi connectivity index (χ4v) is 1.77. The van der Waals surface area contributed by atoms with E-state index < -0.39 is 0 Å². The van der Waals surface area contributed by atoms with Crippen LogP contribution in [0.4, 0.5) is 0 Å². The van der Waals surface area contributed by atoms with E-state index in [0.717, 1.165) is 6.42 Å². The highest BCUT2D eigenvalue weighted by Crippen LogP contribution is 2.02. The zero-order valence-electron chi connectivity index (χ0n) is 15.8. The highest BCUT2D eigenvalue weighted by atomic mass is 16.5. The molecular weight excluding hydrogens is 310 g/mol. The van der Waals surface area contributed by atoms with Crippen molar-refractivity contribution in [2.24, 2.45) is 11.8 Å². The van der Waals surface area contributed by atoms with Gasteiger partial charge in [0.2, 0.25) is 5.91 Å². The molecular formula is C18H35NO5. The predicted octanol–water partition coefficient (Wildman–Crippen LogP) is 2.20. The molecule has 0 rings (SSSR count). The molecule has 24 heavy (non-hydrogen) atoms. The minimum atomic E-state index is 0.0713. The third kappa shape index (κ3) is 15.9. The second kappa shape index (κ2) is 15.5. The van der Waals surface area contributed by atoms with Gasteiger partial charge >= 0.3 is 0 Å².